The maximum atomic E-state index is 12.9. The molecule has 0 spiro atoms. The van der Waals surface area contributed by atoms with Gasteiger partial charge < -0.3 is 0 Å². The highest BCUT2D eigenvalue weighted by Gasteiger charge is 2.39. The lowest BCUT2D eigenvalue weighted by molar-refractivity contribution is -0.138. The molecule has 0 saturated carbocycles. The van der Waals surface area contributed by atoms with Gasteiger partial charge in [0.05, 0.1) is 16.8 Å². The van der Waals surface area contributed by atoms with Crippen LogP contribution in [-0.2, 0) is 17.9 Å². The van der Waals surface area contributed by atoms with E-state index in [9.17, 15) is 26.3 Å². The van der Waals surface area contributed by atoms with Gasteiger partial charge in [-0.25, -0.2) is 0 Å². The van der Waals surface area contributed by atoms with E-state index < -0.39 is 29.0 Å². The average molecular weight is 419 g/mol. The predicted octanol–water partition coefficient (Wildman–Crippen LogP) is 6.84. The van der Waals surface area contributed by atoms with E-state index in [1.165, 1.54) is 24.3 Å². The molecule has 1 heterocycles. The van der Waals surface area contributed by atoms with Crippen molar-refractivity contribution in [3.05, 3.63) is 106 Å². The van der Waals surface area contributed by atoms with Crippen LogP contribution in [0.3, 0.4) is 0 Å². The Balaban J connectivity index is 1.81. The van der Waals surface area contributed by atoms with E-state index >= 15 is 0 Å². The van der Waals surface area contributed by atoms with Gasteiger partial charge in [0.15, 0.2) is 0 Å². The quantitative estimate of drug-likeness (QED) is 0.404. The number of hydrogen-bond donors (Lipinski definition) is 0. The van der Waals surface area contributed by atoms with Gasteiger partial charge in [0.1, 0.15) is 5.54 Å². The number of benzene rings is 3. The Morgan fingerprint density at radius 3 is 1.70 bits per heavy atom. The minimum absolute atomic E-state index is 0.502. The summed E-state index contributed by atoms with van der Waals surface area (Å²) in [6.45, 7) is 1.78. The van der Waals surface area contributed by atoms with Crippen LogP contribution in [0.1, 0.15) is 40.3 Å². The van der Waals surface area contributed by atoms with E-state index in [-0.39, 0.29) is 0 Å². The third kappa shape index (κ3) is 3.38. The van der Waals surface area contributed by atoms with Crippen molar-refractivity contribution in [2.45, 2.75) is 24.8 Å². The van der Waals surface area contributed by atoms with Gasteiger partial charge in [0.2, 0.25) is 0 Å². The van der Waals surface area contributed by atoms with Crippen LogP contribution in [0, 0.1) is 0 Å². The fourth-order valence-corrected chi connectivity index (χ4v) is 3.70. The van der Waals surface area contributed by atoms with Gasteiger partial charge in [-0.1, -0.05) is 48.5 Å². The van der Waals surface area contributed by atoms with Crippen LogP contribution in [0.2, 0.25) is 0 Å². The first-order valence-corrected chi connectivity index (χ1v) is 9.05. The molecule has 1 unspecified atom stereocenters. The smallest absolute Gasteiger partial charge is 0.268 e. The maximum absolute atomic E-state index is 12.9. The fourth-order valence-electron chi connectivity index (χ4n) is 3.70. The van der Waals surface area contributed by atoms with Crippen molar-refractivity contribution < 1.29 is 26.3 Å². The number of fused-ring (bicyclic) bond motifs is 1. The van der Waals surface area contributed by atoms with Crippen LogP contribution < -0.4 is 0 Å². The van der Waals surface area contributed by atoms with E-state index in [0.717, 1.165) is 35.4 Å². The van der Waals surface area contributed by atoms with Crippen LogP contribution in [0.25, 0.3) is 0 Å². The minimum atomic E-state index is -4.44. The third-order valence-corrected chi connectivity index (χ3v) is 5.30. The van der Waals surface area contributed by atoms with Gasteiger partial charge in [-0.3, -0.25) is 4.99 Å². The lowest BCUT2D eigenvalue weighted by atomic mass is 9.84. The Labute approximate surface area is 168 Å². The van der Waals surface area contributed by atoms with Crippen LogP contribution in [0.4, 0.5) is 26.3 Å². The molecule has 1 aliphatic heterocycles. The van der Waals surface area contributed by atoms with Gasteiger partial charge in [-0.05, 0) is 42.3 Å². The van der Waals surface area contributed by atoms with Crippen molar-refractivity contribution >= 4 is 5.71 Å². The Kier molecular flexibility index (Phi) is 4.52. The van der Waals surface area contributed by atoms with Crippen molar-refractivity contribution in [2.24, 2.45) is 4.99 Å². The first-order valence-electron chi connectivity index (χ1n) is 9.05. The van der Waals surface area contributed by atoms with Crippen molar-refractivity contribution in [2.75, 3.05) is 0 Å². The molecule has 30 heavy (non-hydrogen) atoms. The zero-order valence-electron chi connectivity index (χ0n) is 15.6. The van der Waals surface area contributed by atoms with E-state index in [4.69, 9.17) is 4.99 Å². The Morgan fingerprint density at radius 1 is 0.667 bits per heavy atom. The first kappa shape index (κ1) is 20.2. The molecule has 1 nitrogen and oxygen atoms in total. The van der Waals surface area contributed by atoms with Gasteiger partial charge in [-0.2, -0.15) is 26.3 Å². The Hall–Kier alpha value is -3.09. The fraction of sp³-hybridized carbons (Fsp3) is 0.174. The molecule has 0 fully saturated rings. The second-order valence-corrected chi connectivity index (χ2v) is 7.23. The second kappa shape index (κ2) is 6.72. The third-order valence-electron chi connectivity index (χ3n) is 5.30. The zero-order chi connectivity index (χ0) is 21.7. The summed E-state index contributed by atoms with van der Waals surface area (Å²) in [5.41, 5.74) is 0.604. The number of halogens is 6. The number of aliphatic imine (C=N–C) groups is 1. The van der Waals surface area contributed by atoms with Gasteiger partial charge >= 0.3 is 12.4 Å². The topological polar surface area (TPSA) is 12.4 Å². The van der Waals surface area contributed by atoms with E-state index in [0.29, 0.717) is 16.8 Å². The molecule has 1 aliphatic rings. The molecule has 1 atom stereocenters. The van der Waals surface area contributed by atoms with E-state index in [1.54, 1.807) is 25.1 Å². The molecule has 7 heteroatoms. The van der Waals surface area contributed by atoms with Crippen molar-refractivity contribution in [1.82, 2.24) is 0 Å². The molecule has 0 bridgehead atoms. The molecule has 0 aromatic heterocycles. The van der Waals surface area contributed by atoms with Gasteiger partial charge in [-0.15, -0.1) is 0 Å². The van der Waals surface area contributed by atoms with Crippen molar-refractivity contribution in [3.8, 4) is 0 Å². The highest BCUT2D eigenvalue weighted by atomic mass is 19.4. The summed E-state index contributed by atoms with van der Waals surface area (Å²) in [7, 11) is 0. The monoisotopic (exact) mass is 419 g/mol. The lowest BCUT2D eigenvalue weighted by Crippen LogP contribution is -2.19. The van der Waals surface area contributed by atoms with Crippen LogP contribution in [-0.4, -0.2) is 5.71 Å². The Morgan fingerprint density at radius 2 is 1.17 bits per heavy atom. The van der Waals surface area contributed by atoms with E-state index in [1.807, 2.05) is 6.07 Å². The average Bonchev–Trinajstić information content (AvgIpc) is 3.01. The lowest BCUT2D eigenvalue weighted by Gasteiger charge is -2.24. The normalized spacial score (nSPS) is 18.8. The van der Waals surface area contributed by atoms with Gasteiger partial charge in [0, 0.05) is 11.1 Å². The standard InChI is InChI=1S/C23H15F6N/c1-21(15-10-12-17(13-11-15)23(27,28)29)19-5-3-2-4-18(19)20(30-21)14-6-8-16(9-7-14)22(24,25)26/h2-13H,1H3. The second-order valence-electron chi connectivity index (χ2n) is 7.23. The molecule has 3 aromatic carbocycles. The molecular formula is C23H15F6N. The SMILES string of the molecule is CC1(c2ccc(C(F)(F)F)cc2)N=C(c2ccc(C(F)(F)F)cc2)c2ccccc21. The summed E-state index contributed by atoms with van der Waals surface area (Å²) in [6.07, 6.45) is -8.88. The predicted molar refractivity (Wildman–Crippen MR) is 101 cm³/mol. The highest BCUT2D eigenvalue weighted by molar-refractivity contribution is 6.16. The molecule has 0 amide bonds. The van der Waals surface area contributed by atoms with E-state index in [2.05, 4.69) is 0 Å². The molecule has 4 rings (SSSR count). The number of hydrogen-bond acceptors (Lipinski definition) is 1. The van der Waals surface area contributed by atoms with Crippen LogP contribution in [0.15, 0.2) is 77.8 Å². The number of alkyl halides is 6. The molecule has 0 saturated heterocycles. The van der Waals surface area contributed by atoms with Crippen LogP contribution in [0.5, 0.6) is 0 Å². The molecule has 0 radical (unpaired) electrons. The maximum Gasteiger partial charge on any atom is 0.416 e. The largest absolute Gasteiger partial charge is 0.416 e. The summed E-state index contributed by atoms with van der Waals surface area (Å²) >= 11 is 0. The number of nitrogens with zero attached hydrogens (tertiary/aromatic N) is 1. The summed E-state index contributed by atoms with van der Waals surface area (Å²) in [6, 6.07) is 16.7. The molecular weight excluding hydrogens is 404 g/mol. The Bertz CT molecular complexity index is 1110. The summed E-state index contributed by atoms with van der Waals surface area (Å²) in [5.74, 6) is 0. The molecule has 154 valence electrons. The minimum Gasteiger partial charge on any atom is -0.268 e. The highest BCUT2D eigenvalue weighted by Crippen LogP contribution is 2.43. The van der Waals surface area contributed by atoms with Crippen LogP contribution >= 0.6 is 0 Å². The first-order chi connectivity index (χ1) is 14.0. The molecule has 0 N–H and O–H groups in total. The van der Waals surface area contributed by atoms with Crippen molar-refractivity contribution in [1.29, 1.82) is 0 Å². The summed E-state index contributed by atoms with van der Waals surface area (Å²) in [5, 5.41) is 0. The summed E-state index contributed by atoms with van der Waals surface area (Å²) in [4.78, 5) is 4.77. The summed E-state index contributed by atoms with van der Waals surface area (Å²) < 4.78 is 77.4. The number of rotatable bonds is 2. The molecule has 3 aromatic rings. The van der Waals surface area contributed by atoms with Crippen molar-refractivity contribution in [3.63, 3.8) is 0 Å². The molecule has 0 aliphatic carbocycles. The zero-order valence-corrected chi connectivity index (χ0v) is 15.6. The van der Waals surface area contributed by atoms with Gasteiger partial charge in [0.25, 0.3) is 0 Å².